The van der Waals surface area contributed by atoms with E-state index >= 15 is 0 Å². The number of benzene rings is 1. The van der Waals surface area contributed by atoms with Gasteiger partial charge in [-0.05, 0) is 66.9 Å². The molecule has 5 atom stereocenters. The van der Waals surface area contributed by atoms with Crippen LogP contribution in [-0.2, 0) is 15.7 Å². The lowest BCUT2D eigenvalue weighted by atomic mass is 9.52. The molecule has 3 aliphatic rings. The highest BCUT2D eigenvalue weighted by Crippen LogP contribution is 2.64. The number of allylic oxidation sites excluding steroid dienone is 2. The number of ether oxygens (including phenoxy) is 1. The first-order valence-electron chi connectivity index (χ1n) is 8.79. The molecule has 3 nitrogen and oxygen atoms in total. The number of rotatable bonds is 3. The second-order valence-electron chi connectivity index (χ2n) is 7.76. The van der Waals surface area contributed by atoms with Gasteiger partial charge in [0.25, 0.3) is 0 Å². The van der Waals surface area contributed by atoms with Gasteiger partial charge in [0.05, 0.1) is 18.6 Å². The van der Waals surface area contributed by atoms with E-state index in [0.29, 0.717) is 5.92 Å². The Morgan fingerprint density at radius 2 is 2.17 bits per heavy atom. The third-order valence-electron chi connectivity index (χ3n) is 6.90. The quantitative estimate of drug-likeness (QED) is 0.609. The van der Waals surface area contributed by atoms with Gasteiger partial charge < -0.3 is 14.1 Å². The van der Waals surface area contributed by atoms with Crippen LogP contribution < -0.4 is 4.74 Å². The number of hydrogen-bond acceptors (Lipinski definition) is 3. The maximum absolute atomic E-state index is 12.4. The zero-order chi connectivity index (χ0) is 16.9. The number of hydrogen-bond donors (Lipinski definition) is 0. The van der Waals surface area contributed by atoms with Gasteiger partial charge in [-0.25, -0.2) is 0 Å². The molecule has 1 fully saturated rings. The Labute approximate surface area is 146 Å². The first-order chi connectivity index (χ1) is 11.6. The Hall–Kier alpha value is -1.18. The van der Waals surface area contributed by atoms with E-state index in [0.717, 1.165) is 37.9 Å². The minimum absolute atomic E-state index is 0.0517. The van der Waals surface area contributed by atoms with Crippen molar-refractivity contribution in [2.75, 3.05) is 7.11 Å². The van der Waals surface area contributed by atoms with Crippen LogP contribution in [0.2, 0.25) is 0 Å². The van der Waals surface area contributed by atoms with Crippen LogP contribution in [0.1, 0.15) is 43.7 Å². The van der Waals surface area contributed by atoms with Gasteiger partial charge in [-0.1, -0.05) is 19.1 Å². The normalized spacial score (nSPS) is 37.0. The first-order valence-corrected chi connectivity index (χ1v) is 9.26. The van der Waals surface area contributed by atoms with E-state index in [1.807, 2.05) is 6.07 Å². The molecule has 0 aliphatic heterocycles. The minimum atomic E-state index is -0.355. The van der Waals surface area contributed by atoms with E-state index in [1.54, 1.807) is 7.11 Å². The second kappa shape index (κ2) is 5.68. The van der Waals surface area contributed by atoms with E-state index < -0.39 is 0 Å². The number of methoxy groups -OCH3 is 1. The SMILES string of the molecule is COc1ccc2c(c1)CC[C@]1(C=O)C2=CC[C@@]2(C)C1CC[C@@H]2OP. The van der Waals surface area contributed by atoms with Crippen molar-refractivity contribution in [1.29, 1.82) is 0 Å². The van der Waals surface area contributed by atoms with Crippen LogP contribution in [0, 0.1) is 16.7 Å². The third kappa shape index (κ3) is 2.01. The smallest absolute Gasteiger partial charge is 0.130 e. The molecule has 0 spiro atoms. The number of carbonyl (C=O) groups excluding carboxylic acids is 1. The summed E-state index contributed by atoms with van der Waals surface area (Å²) in [7, 11) is 4.14. The summed E-state index contributed by atoms with van der Waals surface area (Å²) < 4.78 is 11.1. The number of fused-ring (bicyclic) bond motifs is 5. The summed E-state index contributed by atoms with van der Waals surface area (Å²) in [5.41, 5.74) is 3.49. The largest absolute Gasteiger partial charge is 0.497 e. The molecule has 0 heterocycles. The molecular formula is C20H25O3P. The summed E-state index contributed by atoms with van der Waals surface area (Å²) in [4.78, 5) is 12.4. The first kappa shape index (κ1) is 16.3. The van der Waals surface area contributed by atoms with Gasteiger partial charge >= 0.3 is 0 Å². The van der Waals surface area contributed by atoms with Crippen LogP contribution in [0.15, 0.2) is 24.3 Å². The van der Waals surface area contributed by atoms with Gasteiger partial charge in [0, 0.05) is 14.9 Å². The zero-order valence-electron chi connectivity index (χ0n) is 14.4. The lowest BCUT2D eigenvalue weighted by molar-refractivity contribution is -0.119. The van der Waals surface area contributed by atoms with Crippen molar-refractivity contribution in [3.05, 3.63) is 35.4 Å². The molecule has 1 saturated carbocycles. The standard InChI is InChI=1S/C20H25O3P/c1-19-9-8-16-15-4-3-14(22-2)11-13(15)7-10-20(16,12-21)17(19)5-6-18(19)23-24/h3-4,8,11-12,17-18H,5-7,9-10,24H2,1-2H3/t17?,18-,19-,20-/m0/s1. The highest BCUT2D eigenvalue weighted by atomic mass is 31.0. The molecule has 2 unspecified atom stereocenters. The van der Waals surface area contributed by atoms with E-state index in [-0.39, 0.29) is 16.9 Å². The van der Waals surface area contributed by atoms with Crippen molar-refractivity contribution in [1.82, 2.24) is 0 Å². The summed E-state index contributed by atoms with van der Waals surface area (Å²) in [6, 6.07) is 6.28. The highest BCUT2D eigenvalue weighted by molar-refractivity contribution is 7.09. The topological polar surface area (TPSA) is 35.5 Å². The molecule has 24 heavy (non-hydrogen) atoms. The van der Waals surface area contributed by atoms with Crippen LogP contribution in [0.3, 0.4) is 0 Å². The van der Waals surface area contributed by atoms with E-state index in [9.17, 15) is 4.79 Å². The Morgan fingerprint density at radius 3 is 2.88 bits per heavy atom. The molecule has 4 heteroatoms. The highest BCUT2D eigenvalue weighted by Gasteiger charge is 2.59. The fraction of sp³-hybridized carbons (Fsp3) is 0.550. The maximum atomic E-state index is 12.4. The molecule has 0 radical (unpaired) electrons. The van der Waals surface area contributed by atoms with Gasteiger partial charge in [0.1, 0.15) is 12.0 Å². The second-order valence-corrected chi connectivity index (χ2v) is 8.04. The number of aldehydes is 1. The summed E-state index contributed by atoms with van der Waals surface area (Å²) >= 11 is 0. The Bertz CT molecular complexity index is 713. The predicted molar refractivity (Wildman–Crippen MR) is 97.8 cm³/mol. The minimum Gasteiger partial charge on any atom is -0.497 e. The Kier molecular flexibility index (Phi) is 3.85. The summed E-state index contributed by atoms with van der Waals surface area (Å²) in [5.74, 6) is 1.26. The summed E-state index contributed by atoms with van der Waals surface area (Å²) in [6.45, 7) is 2.31. The Balaban J connectivity index is 1.85. The molecule has 0 amide bonds. The Morgan fingerprint density at radius 1 is 1.33 bits per heavy atom. The molecule has 4 rings (SSSR count). The van der Waals surface area contributed by atoms with Crippen LogP contribution in [-0.4, -0.2) is 19.5 Å². The van der Waals surface area contributed by atoms with Gasteiger partial charge in [-0.2, -0.15) is 0 Å². The van der Waals surface area contributed by atoms with Crippen LogP contribution in [0.5, 0.6) is 5.75 Å². The van der Waals surface area contributed by atoms with E-state index in [2.05, 4.69) is 34.6 Å². The van der Waals surface area contributed by atoms with Gasteiger partial charge in [0.15, 0.2) is 0 Å². The monoisotopic (exact) mass is 344 g/mol. The number of aryl methyl sites for hydroxylation is 1. The van der Waals surface area contributed by atoms with Gasteiger partial charge in [-0.3, -0.25) is 0 Å². The fourth-order valence-corrected chi connectivity index (χ4v) is 6.07. The van der Waals surface area contributed by atoms with Crippen LogP contribution in [0.25, 0.3) is 5.57 Å². The van der Waals surface area contributed by atoms with Crippen LogP contribution >= 0.6 is 9.47 Å². The molecule has 0 N–H and O–H groups in total. The lowest BCUT2D eigenvalue weighted by Crippen LogP contribution is -2.48. The van der Waals surface area contributed by atoms with Crippen molar-refractivity contribution in [3.63, 3.8) is 0 Å². The van der Waals surface area contributed by atoms with Crippen molar-refractivity contribution in [2.24, 2.45) is 16.7 Å². The summed E-state index contributed by atoms with van der Waals surface area (Å²) in [6.07, 6.45) is 8.70. The number of carbonyl (C=O) groups is 1. The molecule has 3 aliphatic carbocycles. The van der Waals surface area contributed by atoms with E-state index in [1.165, 1.54) is 23.0 Å². The average Bonchev–Trinajstić information content (AvgIpc) is 2.97. The summed E-state index contributed by atoms with van der Waals surface area (Å²) in [5, 5.41) is 0. The lowest BCUT2D eigenvalue weighted by Gasteiger charge is -2.51. The van der Waals surface area contributed by atoms with Gasteiger partial charge in [0.2, 0.25) is 0 Å². The maximum Gasteiger partial charge on any atom is 0.130 e. The molecule has 1 aromatic carbocycles. The van der Waals surface area contributed by atoms with E-state index in [4.69, 9.17) is 9.26 Å². The molecule has 0 aromatic heterocycles. The zero-order valence-corrected chi connectivity index (χ0v) is 15.5. The molecule has 0 bridgehead atoms. The van der Waals surface area contributed by atoms with Crippen LogP contribution in [0.4, 0.5) is 0 Å². The fourth-order valence-electron chi connectivity index (χ4n) is 5.63. The third-order valence-corrected chi connectivity index (χ3v) is 7.23. The van der Waals surface area contributed by atoms with Crippen molar-refractivity contribution in [3.8, 4) is 5.75 Å². The predicted octanol–water partition coefficient (Wildman–Crippen LogP) is 4.21. The van der Waals surface area contributed by atoms with Gasteiger partial charge in [-0.15, -0.1) is 0 Å². The molecule has 1 aromatic rings. The van der Waals surface area contributed by atoms with Crippen molar-refractivity contribution >= 4 is 21.3 Å². The molecular weight excluding hydrogens is 319 g/mol. The molecule has 128 valence electrons. The van der Waals surface area contributed by atoms with Crippen molar-refractivity contribution in [2.45, 2.75) is 45.1 Å². The van der Waals surface area contributed by atoms with Crippen molar-refractivity contribution < 1.29 is 14.1 Å². The molecule has 0 saturated heterocycles. The average molecular weight is 344 g/mol.